The first-order valence-corrected chi connectivity index (χ1v) is 40.5. The number of aliphatic hydroxyl groups excluding tert-OH is 1. The van der Waals surface area contributed by atoms with Crippen molar-refractivity contribution < 1.29 is 80.2 Å². The third kappa shape index (κ3) is 68.5. The molecule has 0 aliphatic heterocycles. The molecule has 0 fully saturated rings. The summed E-state index contributed by atoms with van der Waals surface area (Å²) in [5.41, 5.74) is 0. The Morgan fingerprint density at radius 2 is 0.583 bits per heavy atom. The molecule has 0 spiro atoms. The minimum absolute atomic E-state index is 0.0652. The van der Waals surface area contributed by atoms with Crippen LogP contribution < -0.4 is 0 Å². The zero-order chi connectivity index (χ0) is 70.4. The topological polar surface area (TPSA) is 237 Å². The van der Waals surface area contributed by atoms with Gasteiger partial charge < -0.3 is 33.8 Å². The van der Waals surface area contributed by atoms with Crippen molar-refractivity contribution in [1.82, 2.24) is 0 Å². The van der Waals surface area contributed by atoms with Gasteiger partial charge in [0.1, 0.15) is 19.3 Å². The van der Waals surface area contributed by atoms with E-state index in [4.69, 9.17) is 37.0 Å². The number of rotatable bonds is 70. The van der Waals surface area contributed by atoms with Crippen LogP contribution in [0, 0.1) is 0 Å². The van der Waals surface area contributed by atoms with Gasteiger partial charge >= 0.3 is 39.5 Å². The Kier molecular flexibility index (Phi) is 66.6. The van der Waals surface area contributed by atoms with E-state index in [0.29, 0.717) is 25.7 Å². The summed E-state index contributed by atoms with van der Waals surface area (Å²) in [6.45, 7) is 4.59. The molecule has 554 valence electrons. The maximum atomic E-state index is 13.1. The van der Waals surface area contributed by atoms with Crippen LogP contribution >= 0.6 is 15.6 Å². The van der Waals surface area contributed by atoms with Crippen molar-refractivity contribution in [1.29, 1.82) is 0 Å². The molecule has 0 aromatic rings. The van der Waals surface area contributed by atoms with Gasteiger partial charge in [-0.25, -0.2) is 9.13 Å². The minimum atomic E-state index is -4.99. The molecule has 0 aliphatic rings. The summed E-state index contributed by atoms with van der Waals surface area (Å²) < 4.78 is 68.2. The maximum Gasteiger partial charge on any atom is 0.472 e. The zero-order valence-corrected chi connectivity index (χ0v) is 62.1. The Hall–Kier alpha value is -4.02. The van der Waals surface area contributed by atoms with Gasteiger partial charge in [-0.1, -0.05) is 253 Å². The van der Waals surface area contributed by atoms with Crippen LogP contribution in [0.2, 0.25) is 0 Å². The average molecular weight is 1390 g/mol. The minimum Gasteiger partial charge on any atom is -0.462 e. The molecule has 0 rings (SSSR count). The Labute approximate surface area is 582 Å². The molecule has 19 heteroatoms. The number of hydrogen-bond acceptors (Lipinski definition) is 15. The van der Waals surface area contributed by atoms with Gasteiger partial charge in [0.15, 0.2) is 12.2 Å². The molecule has 0 heterocycles. The first kappa shape index (κ1) is 92.0. The number of hydrogen-bond donors (Lipinski definition) is 3. The number of esters is 4. The molecule has 3 N–H and O–H groups in total. The quantitative estimate of drug-likeness (QED) is 0.0169. The molecule has 0 saturated heterocycles. The summed E-state index contributed by atoms with van der Waals surface area (Å²) in [6.07, 6.45) is 71.5. The standard InChI is InChI=1S/C77H134O17P2/c1-5-9-13-17-21-25-29-33-35-39-41-45-49-53-57-61-74(79)87-67-72(93-76(81)63-59-55-51-47-43-37-31-27-23-19-15-11-7-3)69-91-95(83,84)89-65-71(78)66-90-96(85,86)92-70-73(94-77(82)64-60-56-52-48-44-38-32-28-24-20-16-12-8-4)68-88-75(80)62-58-54-50-46-42-40-36-34-30-26-22-18-14-10-6-2/h9,13,21,25,27-28,31-36,41,45,53,57,71-73,78H,5-8,10-12,14-20,22-24,26,29-30,37-40,42-44,46-52,54-56,58-70H2,1-4H3,(H,83,84)(H,85,86)/b13-9-,25-21-,31-27-,32-28-,35-33-,36-34-,45-41-,57-53-. The van der Waals surface area contributed by atoms with Crippen molar-refractivity contribution in [3.8, 4) is 0 Å². The van der Waals surface area contributed by atoms with Gasteiger partial charge in [-0.2, -0.15) is 0 Å². The molecule has 0 radical (unpaired) electrons. The van der Waals surface area contributed by atoms with E-state index in [1.807, 2.05) is 18.2 Å². The maximum absolute atomic E-state index is 13.1. The van der Waals surface area contributed by atoms with E-state index >= 15 is 0 Å². The van der Waals surface area contributed by atoms with Gasteiger partial charge in [0.2, 0.25) is 0 Å². The molecule has 5 atom stereocenters. The lowest BCUT2D eigenvalue weighted by Crippen LogP contribution is -2.30. The van der Waals surface area contributed by atoms with E-state index in [1.165, 1.54) is 89.9 Å². The van der Waals surface area contributed by atoms with Crippen LogP contribution in [0.5, 0.6) is 0 Å². The second kappa shape index (κ2) is 69.5. The molecule has 17 nitrogen and oxygen atoms in total. The van der Waals surface area contributed by atoms with E-state index in [-0.39, 0.29) is 25.7 Å². The summed E-state index contributed by atoms with van der Waals surface area (Å²) in [5, 5.41) is 10.6. The monoisotopic (exact) mass is 1390 g/mol. The Balaban J connectivity index is 5.41. The van der Waals surface area contributed by atoms with Crippen LogP contribution in [0.25, 0.3) is 0 Å². The lowest BCUT2D eigenvalue weighted by atomic mass is 10.1. The fourth-order valence-corrected chi connectivity index (χ4v) is 11.4. The van der Waals surface area contributed by atoms with E-state index in [1.54, 1.807) is 6.08 Å². The average Bonchev–Trinajstić information content (AvgIpc) is 1.14. The predicted octanol–water partition coefficient (Wildman–Crippen LogP) is 21.2. The molecule has 0 aromatic carbocycles. The number of phosphoric ester groups is 2. The summed E-state index contributed by atoms with van der Waals surface area (Å²) in [5.74, 6) is -2.34. The van der Waals surface area contributed by atoms with Gasteiger partial charge in [-0.3, -0.25) is 37.3 Å². The predicted molar refractivity (Wildman–Crippen MR) is 390 cm³/mol. The van der Waals surface area contributed by atoms with Gasteiger partial charge in [-0.15, -0.1) is 0 Å². The van der Waals surface area contributed by atoms with Crippen LogP contribution in [0.1, 0.15) is 310 Å². The van der Waals surface area contributed by atoms with Crippen molar-refractivity contribution in [2.24, 2.45) is 0 Å². The number of unbranched alkanes of at least 4 members (excludes halogenated alkanes) is 29. The fraction of sp³-hybridized carbons (Fsp3) is 0.740. The van der Waals surface area contributed by atoms with E-state index < -0.39 is 97.5 Å². The van der Waals surface area contributed by atoms with Gasteiger partial charge in [0, 0.05) is 19.3 Å². The number of carbonyl (C=O) groups excluding carboxylic acids is 4. The molecule has 0 bridgehead atoms. The van der Waals surface area contributed by atoms with Crippen LogP contribution in [-0.4, -0.2) is 96.7 Å². The Morgan fingerprint density at radius 1 is 0.312 bits per heavy atom. The normalized spacial score (nSPS) is 14.5. The largest absolute Gasteiger partial charge is 0.472 e. The molecular weight excluding hydrogens is 1260 g/mol. The lowest BCUT2D eigenvalue weighted by molar-refractivity contribution is -0.161. The Morgan fingerprint density at radius 3 is 0.927 bits per heavy atom. The van der Waals surface area contributed by atoms with Gasteiger partial charge in [-0.05, 0) is 128 Å². The van der Waals surface area contributed by atoms with Crippen LogP contribution in [0.15, 0.2) is 97.2 Å². The third-order valence-electron chi connectivity index (χ3n) is 15.5. The number of allylic oxidation sites excluding steroid dienone is 15. The molecule has 0 aromatic heterocycles. The van der Waals surface area contributed by atoms with Crippen LogP contribution in [0.4, 0.5) is 0 Å². The lowest BCUT2D eigenvalue weighted by Gasteiger charge is -2.21. The summed E-state index contributed by atoms with van der Waals surface area (Å²) in [6, 6.07) is 0. The first-order chi connectivity index (χ1) is 46.7. The molecular formula is C77H134O17P2. The highest BCUT2D eigenvalue weighted by atomic mass is 31.2. The highest BCUT2D eigenvalue weighted by Crippen LogP contribution is 2.45. The van der Waals surface area contributed by atoms with Gasteiger partial charge in [0.25, 0.3) is 0 Å². The zero-order valence-electron chi connectivity index (χ0n) is 60.3. The molecule has 0 aliphatic carbocycles. The number of phosphoric acid groups is 2. The second-order valence-corrected chi connectivity index (χ2v) is 27.8. The Bertz CT molecular complexity index is 2200. The van der Waals surface area contributed by atoms with Crippen LogP contribution in [-0.2, 0) is 65.4 Å². The fourth-order valence-electron chi connectivity index (χ4n) is 9.81. The van der Waals surface area contributed by atoms with E-state index in [9.17, 15) is 43.2 Å². The second-order valence-electron chi connectivity index (χ2n) is 24.9. The number of aliphatic hydroxyl groups is 1. The number of carbonyl (C=O) groups is 4. The smallest absolute Gasteiger partial charge is 0.462 e. The van der Waals surface area contributed by atoms with E-state index in [0.717, 1.165) is 141 Å². The first-order valence-electron chi connectivity index (χ1n) is 37.5. The molecule has 0 amide bonds. The molecule has 0 saturated carbocycles. The van der Waals surface area contributed by atoms with E-state index in [2.05, 4.69) is 101 Å². The highest BCUT2D eigenvalue weighted by molar-refractivity contribution is 7.47. The highest BCUT2D eigenvalue weighted by Gasteiger charge is 2.30. The van der Waals surface area contributed by atoms with Gasteiger partial charge in [0.05, 0.1) is 32.8 Å². The SMILES string of the molecule is CC/C=C\C/C=C\C/C=C\C/C=C\C/C=C\CC(=O)OCC(COP(=O)(O)OCC(O)COP(=O)(O)OCC(COC(=O)CCCCCCC/C=C\CCCCCCCC)OC(=O)CCCCCCC/C=C\CCCCCC)OC(=O)CCCCCCC/C=C\CCCCCC. The van der Waals surface area contributed by atoms with Crippen molar-refractivity contribution in [2.75, 3.05) is 39.6 Å². The van der Waals surface area contributed by atoms with Crippen molar-refractivity contribution >= 4 is 39.5 Å². The van der Waals surface area contributed by atoms with Crippen LogP contribution in [0.3, 0.4) is 0 Å². The summed E-state index contributed by atoms with van der Waals surface area (Å²) >= 11 is 0. The van der Waals surface area contributed by atoms with Crippen molar-refractivity contribution in [2.45, 2.75) is 329 Å². The molecule has 5 unspecified atom stereocenters. The summed E-state index contributed by atoms with van der Waals surface area (Å²) in [7, 11) is -9.97. The molecule has 96 heavy (non-hydrogen) atoms. The third-order valence-corrected chi connectivity index (χ3v) is 17.4. The van der Waals surface area contributed by atoms with Crippen molar-refractivity contribution in [3.05, 3.63) is 97.2 Å². The van der Waals surface area contributed by atoms with Crippen molar-refractivity contribution in [3.63, 3.8) is 0 Å². The summed E-state index contributed by atoms with van der Waals surface area (Å²) in [4.78, 5) is 72.7. The number of ether oxygens (including phenoxy) is 4.